The molecule has 2 amide bonds. The first-order valence-electron chi connectivity index (χ1n) is 10.6. The van der Waals surface area contributed by atoms with Gasteiger partial charge >= 0.3 is 6.03 Å². The predicted octanol–water partition coefficient (Wildman–Crippen LogP) is 5.24. The molecule has 2 aromatic rings. The van der Waals surface area contributed by atoms with Crippen molar-refractivity contribution >= 4 is 16.9 Å². The molecule has 0 spiro atoms. The fourth-order valence-electron chi connectivity index (χ4n) is 5.38. The van der Waals surface area contributed by atoms with Gasteiger partial charge in [-0.1, -0.05) is 51.3 Å². The normalized spacial score (nSPS) is 24.7. The molecule has 3 N–H and O–H groups in total. The summed E-state index contributed by atoms with van der Waals surface area (Å²) in [4.78, 5) is 15.7. The van der Waals surface area contributed by atoms with Crippen LogP contribution in [-0.2, 0) is 0 Å². The highest BCUT2D eigenvalue weighted by Crippen LogP contribution is 2.67. The summed E-state index contributed by atoms with van der Waals surface area (Å²) < 4.78 is 0. The number of amides is 2. The lowest BCUT2D eigenvalue weighted by atomic mass is 9.96. The third kappa shape index (κ3) is 3.59. The number of aryl methyl sites for hydroxylation is 1. The second kappa shape index (κ2) is 7.21. The van der Waals surface area contributed by atoms with Crippen molar-refractivity contribution in [3.63, 3.8) is 0 Å². The van der Waals surface area contributed by atoms with Gasteiger partial charge in [-0.3, -0.25) is 0 Å². The molecule has 1 aromatic carbocycles. The van der Waals surface area contributed by atoms with Gasteiger partial charge in [-0.25, -0.2) is 4.79 Å². The molecular weight excluding hydrogens is 334 g/mol. The molecule has 2 atom stereocenters. The first kappa shape index (κ1) is 18.4. The number of hydrogen-bond acceptors (Lipinski definition) is 1. The van der Waals surface area contributed by atoms with Crippen molar-refractivity contribution < 1.29 is 4.79 Å². The van der Waals surface area contributed by atoms with E-state index >= 15 is 0 Å². The third-order valence-electron chi connectivity index (χ3n) is 6.99. The van der Waals surface area contributed by atoms with Crippen LogP contribution < -0.4 is 10.6 Å². The number of hydrogen-bond donors (Lipinski definition) is 3. The Bertz CT molecular complexity index is 816. The number of aromatic nitrogens is 1. The molecule has 2 aliphatic carbocycles. The molecule has 0 aliphatic heterocycles. The molecule has 4 rings (SSSR count). The highest BCUT2D eigenvalue weighted by atomic mass is 16.2. The molecule has 146 valence electrons. The number of fused-ring (bicyclic) bond motifs is 1. The summed E-state index contributed by atoms with van der Waals surface area (Å²) in [6.07, 6.45) is 7.09. The minimum atomic E-state index is 0.0141. The monoisotopic (exact) mass is 367 g/mol. The van der Waals surface area contributed by atoms with E-state index in [4.69, 9.17) is 0 Å². The predicted molar refractivity (Wildman–Crippen MR) is 111 cm³/mol. The Morgan fingerprint density at radius 2 is 1.93 bits per heavy atom. The fourth-order valence-corrected chi connectivity index (χ4v) is 5.38. The van der Waals surface area contributed by atoms with E-state index < -0.39 is 0 Å². The van der Waals surface area contributed by atoms with E-state index in [1.807, 2.05) is 0 Å². The first-order valence-corrected chi connectivity index (χ1v) is 10.6. The van der Waals surface area contributed by atoms with Gasteiger partial charge in [0.25, 0.3) is 0 Å². The van der Waals surface area contributed by atoms with Crippen molar-refractivity contribution in [2.45, 2.75) is 71.3 Å². The van der Waals surface area contributed by atoms with Crippen LogP contribution in [0.1, 0.15) is 69.5 Å². The Labute approximate surface area is 162 Å². The molecule has 2 saturated carbocycles. The molecule has 1 heterocycles. The largest absolute Gasteiger partial charge is 0.358 e. The lowest BCUT2D eigenvalue weighted by Crippen LogP contribution is -2.43. The van der Waals surface area contributed by atoms with Crippen LogP contribution in [0.4, 0.5) is 4.79 Å². The van der Waals surface area contributed by atoms with Crippen molar-refractivity contribution in [3.05, 3.63) is 35.5 Å². The van der Waals surface area contributed by atoms with E-state index in [1.54, 1.807) is 0 Å². The van der Waals surface area contributed by atoms with Crippen LogP contribution in [0.5, 0.6) is 0 Å². The third-order valence-corrected chi connectivity index (χ3v) is 6.99. The van der Waals surface area contributed by atoms with Gasteiger partial charge in [-0.05, 0) is 55.1 Å². The average Bonchev–Trinajstić information content (AvgIpc) is 3.01. The summed E-state index contributed by atoms with van der Waals surface area (Å²) >= 11 is 0. The van der Waals surface area contributed by atoms with Gasteiger partial charge in [0.2, 0.25) is 0 Å². The Morgan fingerprint density at radius 1 is 1.19 bits per heavy atom. The van der Waals surface area contributed by atoms with Crippen molar-refractivity contribution in [1.29, 1.82) is 0 Å². The van der Waals surface area contributed by atoms with Gasteiger partial charge in [0.1, 0.15) is 0 Å². The number of carbonyl (C=O) groups is 1. The lowest BCUT2D eigenvalue weighted by Gasteiger charge is -2.22. The number of para-hydroxylation sites is 1. The highest BCUT2D eigenvalue weighted by molar-refractivity contribution is 5.86. The summed E-state index contributed by atoms with van der Waals surface area (Å²) in [6.45, 7) is 7.68. The number of carbonyl (C=O) groups excluding carboxylic acids is 1. The van der Waals surface area contributed by atoms with E-state index in [0.29, 0.717) is 17.9 Å². The van der Waals surface area contributed by atoms with Crippen LogP contribution in [0.3, 0.4) is 0 Å². The van der Waals surface area contributed by atoms with Gasteiger partial charge < -0.3 is 15.6 Å². The number of urea groups is 1. The summed E-state index contributed by atoms with van der Waals surface area (Å²) in [5, 5.41) is 7.61. The maximum atomic E-state index is 12.2. The molecule has 0 bridgehead atoms. The van der Waals surface area contributed by atoms with Crippen LogP contribution >= 0.6 is 0 Å². The molecule has 0 unspecified atom stereocenters. The minimum absolute atomic E-state index is 0.0141. The zero-order valence-corrected chi connectivity index (χ0v) is 16.9. The number of nitrogens with one attached hydrogen (secondary N) is 3. The molecule has 1 aromatic heterocycles. The zero-order valence-electron chi connectivity index (χ0n) is 16.9. The molecule has 2 fully saturated rings. The molecule has 27 heavy (non-hydrogen) atoms. The Balaban J connectivity index is 1.34. The van der Waals surface area contributed by atoms with Crippen LogP contribution in [0.2, 0.25) is 0 Å². The van der Waals surface area contributed by atoms with E-state index in [9.17, 15) is 4.79 Å². The van der Waals surface area contributed by atoms with E-state index in [1.165, 1.54) is 41.4 Å². The van der Waals surface area contributed by atoms with Crippen LogP contribution in [0.15, 0.2) is 24.3 Å². The molecule has 2 aliphatic rings. The topological polar surface area (TPSA) is 56.9 Å². The van der Waals surface area contributed by atoms with E-state index in [0.717, 1.165) is 25.8 Å². The van der Waals surface area contributed by atoms with Gasteiger partial charge in [0.05, 0.1) is 0 Å². The van der Waals surface area contributed by atoms with Gasteiger partial charge in [0.15, 0.2) is 0 Å². The number of rotatable bonds is 5. The number of aromatic amines is 1. The summed E-state index contributed by atoms with van der Waals surface area (Å²) in [7, 11) is 0. The first-order chi connectivity index (χ1) is 13.0. The molecule has 4 nitrogen and oxygen atoms in total. The number of benzene rings is 1. The maximum absolute atomic E-state index is 12.2. The second-order valence-electron chi connectivity index (χ2n) is 9.14. The van der Waals surface area contributed by atoms with Gasteiger partial charge in [-0.2, -0.15) is 0 Å². The van der Waals surface area contributed by atoms with Gasteiger partial charge in [-0.15, -0.1) is 0 Å². The molecular formula is C23H33N3O. The van der Waals surface area contributed by atoms with E-state index in [2.05, 4.69) is 60.7 Å². The lowest BCUT2D eigenvalue weighted by molar-refractivity contribution is 0.232. The fraction of sp³-hybridized carbons (Fsp3) is 0.609. The summed E-state index contributed by atoms with van der Waals surface area (Å²) in [5.41, 5.74) is 4.29. The van der Waals surface area contributed by atoms with Crippen molar-refractivity contribution in [3.8, 4) is 0 Å². The minimum Gasteiger partial charge on any atom is -0.358 e. The van der Waals surface area contributed by atoms with Crippen LogP contribution in [0.25, 0.3) is 10.9 Å². The Morgan fingerprint density at radius 3 is 2.70 bits per heavy atom. The standard InChI is InChI=1S/C23H33N3O/c1-15-20(17-11-7-8-12-19(17)25-15)21-18(23(21,2)3)13-14-24-22(27)26-16-9-5-4-6-10-16/h7-8,11-12,16,18,21,25H,4-6,9-10,13-14H2,1-3H3,(H2,24,26,27)/t18-,21+/m0/s1. The van der Waals surface area contributed by atoms with Crippen molar-refractivity contribution in [2.75, 3.05) is 6.54 Å². The van der Waals surface area contributed by atoms with Crippen molar-refractivity contribution in [2.24, 2.45) is 11.3 Å². The number of H-pyrrole nitrogens is 1. The summed E-state index contributed by atoms with van der Waals surface area (Å²) in [5.74, 6) is 1.18. The van der Waals surface area contributed by atoms with Crippen molar-refractivity contribution in [1.82, 2.24) is 15.6 Å². The average molecular weight is 368 g/mol. The van der Waals surface area contributed by atoms with Crippen LogP contribution in [-0.4, -0.2) is 23.6 Å². The SMILES string of the molecule is Cc1[nH]c2ccccc2c1[C@H]1[C@H](CCNC(=O)NC2CCCCC2)C1(C)C. The van der Waals surface area contributed by atoms with Crippen LogP contribution in [0, 0.1) is 18.3 Å². The summed E-state index contributed by atoms with van der Waals surface area (Å²) in [6, 6.07) is 8.99. The molecule has 0 radical (unpaired) electrons. The molecule has 4 heteroatoms. The molecule has 0 saturated heterocycles. The second-order valence-corrected chi connectivity index (χ2v) is 9.14. The Kier molecular flexibility index (Phi) is 4.92. The highest BCUT2D eigenvalue weighted by Gasteiger charge is 2.58. The zero-order chi connectivity index (χ0) is 19.0. The Hall–Kier alpha value is -1.97. The smallest absolute Gasteiger partial charge is 0.315 e. The van der Waals surface area contributed by atoms with E-state index in [-0.39, 0.29) is 11.4 Å². The maximum Gasteiger partial charge on any atom is 0.315 e. The van der Waals surface area contributed by atoms with Gasteiger partial charge in [0, 0.05) is 29.2 Å². The quantitative estimate of drug-likeness (QED) is 0.665.